The first kappa shape index (κ1) is 10.4. The minimum absolute atomic E-state index is 0.0824. The first-order valence-electron chi connectivity index (χ1n) is 5.58. The third-order valence-corrected chi connectivity index (χ3v) is 3.11. The number of carbonyl (C=O) groups is 1. The summed E-state index contributed by atoms with van der Waals surface area (Å²) in [7, 11) is 0. The lowest BCUT2D eigenvalue weighted by molar-refractivity contribution is -0.124. The summed E-state index contributed by atoms with van der Waals surface area (Å²) in [5.41, 5.74) is 5.75. The van der Waals surface area contributed by atoms with Gasteiger partial charge in [0.1, 0.15) is 5.78 Å². The van der Waals surface area contributed by atoms with Crippen LogP contribution < -0.4 is 5.73 Å². The van der Waals surface area contributed by atoms with Gasteiger partial charge in [0.05, 0.1) is 0 Å². The molecule has 0 heterocycles. The first-order chi connectivity index (χ1) is 7.27. The average Bonchev–Trinajstić information content (AvgIpc) is 2.30. The van der Waals surface area contributed by atoms with Gasteiger partial charge in [-0.1, -0.05) is 36.5 Å². The summed E-state index contributed by atoms with van der Waals surface area (Å²) >= 11 is 0. The van der Waals surface area contributed by atoms with Gasteiger partial charge < -0.3 is 5.73 Å². The summed E-state index contributed by atoms with van der Waals surface area (Å²) in [5.74, 6) is 0.517. The molecule has 3 atom stereocenters. The van der Waals surface area contributed by atoms with Crippen molar-refractivity contribution < 1.29 is 4.79 Å². The molecule has 0 aromatic carbocycles. The lowest BCUT2D eigenvalue weighted by Gasteiger charge is -2.22. The van der Waals surface area contributed by atoms with Crippen LogP contribution in [0.4, 0.5) is 0 Å². The number of allylic oxidation sites excluding steroid dienone is 5. The second-order valence-electron chi connectivity index (χ2n) is 4.29. The van der Waals surface area contributed by atoms with Crippen molar-refractivity contribution in [3.05, 3.63) is 36.5 Å². The van der Waals surface area contributed by atoms with Crippen molar-refractivity contribution in [3.8, 4) is 0 Å². The van der Waals surface area contributed by atoms with Crippen LogP contribution in [0.5, 0.6) is 0 Å². The third kappa shape index (κ3) is 2.45. The molecule has 0 fully saturated rings. The van der Waals surface area contributed by atoms with Crippen LogP contribution in [0.15, 0.2) is 36.5 Å². The maximum Gasteiger partial charge on any atom is 0.146 e. The van der Waals surface area contributed by atoms with E-state index in [2.05, 4.69) is 6.08 Å². The second-order valence-corrected chi connectivity index (χ2v) is 4.29. The molecule has 2 heteroatoms. The fraction of sp³-hybridized carbons (Fsp3) is 0.462. The van der Waals surface area contributed by atoms with Crippen molar-refractivity contribution in [3.63, 3.8) is 0 Å². The fourth-order valence-electron chi connectivity index (χ4n) is 2.14. The van der Waals surface area contributed by atoms with Crippen LogP contribution in [0.25, 0.3) is 0 Å². The lowest BCUT2D eigenvalue weighted by Crippen LogP contribution is -2.28. The Labute approximate surface area is 90.5 Å². The highest BCUT2D eigenvalue weighted by Crippen LogP contribution is 2.24. The van der Waals surface area contributed by atoms with E-state index in [1.165, 1.54) is 0 Å². The van der Waals surface area contributed by atoms with E-state index in [1.54, 1.807) is 0 Å². The number of carbonyl (C=O) groups excluding carboxylic acids is 1. The average molecular weight is 203 g/mol. The van der Waals surface area contributed by atoms with E-state index in [0.29, 0.717) is 5.78 Å². The Bertz CT molecular complexity index is 327. The SMILES string of the molecule is NC1C=CC(C(=O)C2C=CC=CC2)CC1. The van der Waals surface area contributed by atoms with Crippen molar-refractivity contribution >= 4 is 5.78 Å². The van der Waals surface area contributed by atoms with Gasteiger partial charge in [0, 0.05) is 17.9 Å². The molecule has 0 aromatic heterocycles. The van der Waals surface area contributed by atoms with Crippen molar-refractivity contribution in [2.75, 3.05) is 0 Å². The highest BCUT2D eigenvalue weighted by molar-refractivity contribution is 5.87. The van der Waals surface area contributed by atoms with Gasteiger partial charge >= 0.3 is 0 Å². The van der Waals surface area contributed by atoms with Gasteiger partial charge in [-0.15, -0.1) is 0 Å². The van der Waals surface area contributed by atoms with E-state index in [0.717, 1.165) is 19.3 Å². The van der Waals surface area contributed by atoms with E-state index in [-0.39, 0.29) is 17.9 Å². The van der Waals surface area contributed by atoms with Crippen LogP contribution in [-0.4, -0.2) is 11.8 Å². The Morgan fingerprint density at radius 2 is 1.93 bits per heavy atom. The second kappa shape index (κ2) is 4.58. The van der Waals surface area contributed by atoms with Gasteiger partial charge in [-0.2, -0.15) is 0 Å². The maximum absolute atomic E-state index is 12.1. The fourth-order valence-corrected chi connectivity index (χ4v) is 2.14. The predicted molar refractivity (Wildman–Crippen MR) is 61.2 cm³/mol. The number of Topliss-reactive ketones (excluding diaryl/α,β-unsaturated/α-hetero) is 1. The van der Waals surface area contributed by atoms with Crippen LogP contribution in [-0.2, 0) is 4.79 Å². The molecule has 0 saturated carbocycles. The monoisotopic (exact) mass is 203 g/mol. The molecule has 2 N–H and O–H groups in total. The molecule has 2 aliphatic carbocycles. The number of ketones is 1. The number of hydrogen-bond donors (Lipinski definition) is 1. The Morgan fingerprint density at radius 3 is 2.53 bits per heavy atom. The molecule has 15 heavy (non-hydrogen) atoms. The summed E-state index contributed by atoms with van der Waals surface area (Å²) in [4.78, 5) is 12.1. The minimum Gasteiger partial charge on any atom is -0.324 e. The quantitative estimate of drug-likeness (QED) is 0.697. The van der Waals surface area contributed by atoms with Crippen LogP contribution in [0.2, 0.25) is 0 Å². The molecule has 3 unspecified atom stereocenters. The molecular weight excluding hydrogens is 186 g/mol. The molecule has 0 radical (unpaired) electrons. The molecule has 2 rings (SSSR count). The molecule has 0 spiro atoms. The molecule has 0 saturated heterocycles. The highest BCUT2D eigenvalue weighted by atomic mass is 16.1. The Kier molecular flexibility index (Phi) is 3.17. The van der Waals surface area contributed by atoms with Crippen molar-refractivity contribution in [1.82, 2.24) is 0 Å². The largest absolute Gasteiger partial charge is 0.324 e. The smallest absolute Gasteiger partial charge is 0.146 e. The molecule has 2 aliphatic rings. The minimum atomic E-state index is 0.0824. The summed E-state index contributed by atoms with van der Waals surface area (Å²) in [6, 6.07) is 0.149. The van der Waals surface area contributed by atoms with E-state index < -0.39 is 0 Å². The molecule has 80 valence electrons. The van der Waals surface area contributed by atoms with Crippen molar-refractivity contribution in [2.24, 2.45) is 17.6 Å². The number of nitrogens with two attached hydrogens (primary N) is 1. The standard InChI is InChI=1S/C13H17NO/c14-12-8-6-11(7-9-12)13(15)10-4-2-1-3-5-10/h1-4,6,8,10-12H,5,7,9,14H2. The van der Waals surface area contributed by atoms with Crippen LogP contribution in [0, 0.1) is 11.8 Å². The topological polar surface area (TPSA) is 43.1 Å². The molecule has 0 aliphatic heterocycles. The predicted octanol–water partition coefficient (Wildman–Crippen LogP) is 1.98. The highest BCUT2D eigenvalue weighted by Gasteiger charge is 2.25. The zero-order valence-corrected chi connectivity index (χ0v) is 8.80. The van der Waals surface area contributed by atoms with Gasteiger partial charge in [-0.25, -0.2) is 0 Å². The van der Waals surface area contributed by atoms with Gasteiger partial charge in [0.15, 0.2) is 0 Å². The Hall–Kier alpha value is -1.15. The molecule has 0 amide bonds. The van der Waals surface area contributed by atoms with Crippen LogP contribution >= 0.6 is 0 Å². The summed E-state index contributed by atoms with van der Waals surface area (Å²) < 4.78 is 0. The molecule has 0 bridgehead atoms. The van der Waals surface area contributed by atoms with Gasteiger partial charge in [-0.3, -0.25) is 4.79 Å². The van der Waals surface area contributed by atoms with Crippen molar-refractivity contribution in [2.45, 2.75) is 25.3 Å². The van der Waals surface area contributed by atoms with E-state index in [9.17, 15) is 4.79 Å². The van der Waals surface area contributed by atoms with Gasteiger partial charge in [-0.05, 0) is 19.3 Å². The Morgan fingerprint density at radius 1 is 1.07 bits per heavy atom. The number of hydrogen-bond acceptors (Lipinski definition) is 2. The normalized spacial score (nSPS) is 34.3. The maximum atomic E-state index is 12.1. The van der Waals surface area contributed by atoms with Gasteiger partial charge in [0.2, 0.25) is 0 Å². The van der Waals surface area contributed by atoms with E-state index in [4.69, 9.17) is 5.73 Å². The summed E-state index contributed by atoms with van der Waals surface area (Å²) in [5, 5.41) is 0. The van der Waals surface area contributed by atoms with Crippen LogP contribution in [0.3, 0.4) is 0 Å². The zero-order valence-electron chi connectivity index (χ0n) is 8.80. The first-order valence-corrected chi connectivity index (χ1v) is 5.58. The van der Waals surface area contributed by atoms with Crippen molar-refractivity contribution in [1.29, 1.82) is 0 Å². The summed E-state index contributed by atoms with van der Waals surface area (Å²) in [6.45, 7) is 0. The van der Waals surface area contributed by atoms with Crippen LogP contribution in [0.1, 0.15) is 19.3 Å². The molecular formula is C13H17NO. The van der Waals surface area contributed by atoms with E-state index >= 15 is 0 Å². The van der Waals surface area contributed by atoms with E-state index in [1.807, 2.05) is 30.4 Å². The summed E-state index contributed by atoms with van der Waals surface area (Å²) in [6.07, 6.45) is 14.7. The zero-order chi connectivity index (χ0) is 10.7. The molecule has 2 nitrogen and oxygen atoms in total. The molecule has 0 aromatic rings. The Balaban J connectivity index is 1.99. The lowest BCUT2D eigenvalue weighted by atomic mass is 9.82. The number of rotatable bonds is 2. The third-order valence-electron chi connectivity index (χ3n) is 3.11. The van der Waals surface area contributed by atoms with Gasteiger partial charge in [0.25, 0.3) is 0 Å².